The number of fused-ring (bicyclic) bond motifs is 3. The van der Waals surface area contributed by atoms with Crippen LogP contribution in [-0.2, 0) is 4.57 Å². The Morgan fingerprint density at radius 1 is 0.621 bits per heavy atom. The summed E-state index contributed by atoms with van der Waals surface area (Å²) in [5, 5.41) is 4.77. The van der Waals surface area contributed by atoms with E-state index in [9.17, 15) is 4.57 Å². The topological polar surface area (TPSA) is 30.0 Å². The Hall–Kier alpha value is -3.22. The molecule has 29 heavy (non-hydrogen) atoms. The normalized spacial score (nSPS) is 11.8. The maximum Gasteiger partial charge on any atom is 0.189 e. The highest BCUT2D eigenvalue weighted by Crippen LogP contribution is 2.44. The maximum absolute atomic E-state index is 14.9. The molecule has 0 bridgehead atoms. The Balaban J connectivity index is 1.97. The maximum atomic E-state index is 14.9. The van der Waals surface area contributed by atoms with Gasteiger partial charge in [-0.15, -0.1) is 0 Å². The molecule has 0 aliphatic rings. The summed E-state index contributed by atoms with van der Waals surface area (Å²) in [6.45, 7) is 2.10. The largest absolute Gasteiger partial charge is 0.307 e. The predicted octanol–water partition coefficient (Wildman–Crippen LogP) is 5.34. The molecule has 0 aliphatic carbocycles. The van der Waals surface area contributed by atoms with E-state index >= 15 is 0 Å². The first kappa shape index (κ1) is 17.8. The van der Waals surface area contributed by atoms with Crippen molar-refractivity contribution in [2.75, 3.05) is 0 Å². The number of aromatic nitrogens is 1. The SMILES string of the molecule is Cc1cccc2nc(P(=O)(c3ccccc3)c3ccccc3)c3ccccc3c12. The summed E-state index contributed by atoms with van der Waals surface area (Å²) in [5.41, 5.74) is 2.71. The Morgan fingerprint density at radius 2 is 1.17 bits per heavy atom. The van der Waals surface area contributed by atoms with E-state index < -0.39 is 7.14 Å². The van der Waals surface area contributed by atoms with Gasteiger partial charge in [-0.25, -0.2) is 4.98 Å². The summed E-state index contributed by atoms with van der Waals surface area (Å²) >= 11 is 0. The molecule has 0 aliphatic heterocycles. The lowest BCUT2D eigenvalue weighted by Crippen LogP contribution is -2.27. The molecule has 0 radical (unpaired) electrons. The zero-order chi connectivity index (χ0) is 19.8. The van der Waals surface area contributed by atoms with Gasteiger partial charge in [0.05, 0.1) is 5.52 Å². The van der Waals surface area contributed by atoms with E-state index in [1.807, 2.05) is 91.0 Å². The first-order valence-electron chi connectivity index (χ1n) is 9.69. The monoisotopic (exact) mass is 393 g/mol. The van der Waals surface area contributed by atoms with Crippen molar-refractivity contribution in [2.24, 2.45) is 0 Å². The molecule has 3 heteroatoms. The Bertz CT molecular complexity index is 1330. The Morgan fingerprint density at radius 3 is 1.79 bits per heavy atom. The van der Waals surface area contributed by atoms with Crippen LogP contribution in [0.4, 0.5) is 0 Å². The van der Waals surface area contributed by atoms with Crippen LogP contribution >= 0.6 is 7.14 Å². The first-order chi connectivity index (χ1) is 14.2. The Kier molecular flexibility index (Phi) is 4.30. The third-order valence-electron chi connectivity index (χ3n) is 5.45. The van der Waals surface area contributed by atoms with Crippen molar-refractivity contribution in [3.05, 3.63) is 109 Å². The van der Waals surface area contributed by atoms with Gasteiger partial charge in [0.2, 0.25) is 0 Å². The number of nitrogens with zero attached hydrogens (tertiary/aromatic N) is 1. The lowest BCUT2D eigenvalue weighted by atomic mass is 10.0. The number of benzene rings is 4. The standard InChI is InChI=1S/C26H20NOP/c1-19-11-10-18-24-25(19)22-16-8-9-17-23(22)26(27-24)29(28,20-12-4-2-5-13-20)21-14-6-3-7-15-21/h2-18H,1H3. The van der Waals surface area contributed by atoms with Gasteiger partial charge in [0.1, 0.15) is 5.44 Å². The molecule has 4 aromatic carbocycles. The second-order valence-corrected chi connectivity index (χ2v) is 9.91. The summed E-state index contributed by atoms with van der Waals surface area (Å²) in [4.78, 5) is 5.03. The highest BCUT2D eigenvalue weighted by Gasteiger charge is 2.33. The Labute approximate surface area is 170 Å². The quantitative estimate of drug-likeness (QED) is 0.306. The third-order valence-corrected chi connectivity index (χ3v) is 8.44. The van der Waals surface area contributed by atoms with Gasteiger partial charge in [-0.3, -0.25) is 0 Å². The average molecular weight is 393 g/mol. The molecule has 140 valence electrons. The van der Waals surface area contributed by atoms with E-state index in [1.54, 1.807) is 0 Å². The number of aryl methyl sites for hydroxylation is 1. The summed E-state index contributed by atoms with van der Waals surface area (Å²) in [6.07, 6.45) is 0. The van der Waals surface area contributed by atoms with Gasteiger partial charge in [-0.05, 0) is 23.9 Å². The molecular formula is C26H20NOP. The van der Waals surface area contributed by atoms with Gasteiger partial charge in [0, 0.05) is 21.4 Å². The number of hydrogen-bond acceptors (Lipinski definition) is 2. The summed E-state index contributed by atoms with van der Waals surface area (Å²) in [6, 6.07) is 33.8. The minimum atomic E-state index is -3.15. The van der Waals surface area contributed by atoms with E-state index in [1.165, 1.54) is 5.56 Å². The molecule has 5 rings (SSSR count). The van der Waals surface area contributed by atoms with Crippen LogP contribution in [0.2, 0.25) is 0 Å². The van der Waals surface area contributed by atoms with Gasteiger partial charge in [0.25, 0.3) is 0 Å². The van der Waals surface area contributed by atoms with Gasteiger partial charge in [0.15, 0.2) is 7.14 Å². The van der Waals surface area contributed by atoms with Crippen LogP contribution in [0.15, 0.2) is 103 Å². The summed E-state index contributed by atoms with van der Waals surface area (Å²) in [7, 11) is -3.15. The smallest absolute Gasteiger partial charge is 0.189 e. The minimum absolute atomic E-state index is 0.656. The lowest BCUT2D eigenvalue weighted by molar-refractivity contribution is 0.592. The average Bonchev–Trinajstić information content (AvgIpc) is 2.79. The van der Waals surface area contributed by atoms with Crippen LogP contribution in [0.3, 0.4) is 0 Å². The van der Waals surface area contributed by atoms with Crippen molar-refractivity contribution in [3.63, 3.8) is 0 Å². The molecule has 2 nitrogen and oxygen atoms in total. The van der Waals surface area contributed by atoms with Crippen molar-refractivity contribution >= 4 is 44.9 Å². The number of hydrogen-bond donors (Lipinski definition) is 0. The predicted molar refractivity (Wildman–Crippen MR) is 123 cm³/mol. The molecular weight excluding hydrogens is 373 g/mol. The van der Waals surface area contributed by atoms with Crippen LogP contribution in [0.1, 0.15) is 5.56 Å². The molecule has 0 amide bonds. The van der Waals surface area contributed by atoms with E-state index in [4.69, 9.17) is 4.98 Å². The van der Waals surface area contributed by atoms with Crippen molar-refractivity contribution in [2.45, 2.75) is 6.92 Å². The second-order valence-electron chi connectivity index (χ2n) is 7.23. The van der Waals surface area contributed by atoms with E-state index in [0.717, 1.165) is 32.3 Å². The van der Waals surface area contributed by atoms with Crippen molar-refractivity contribution < 1.29 is 4.57 Å². The molecule has 0 atom stereocenters. The summed E-state index contributed by atoms with van der Waals surface area (Å²) in [5.74, 6) is 0. The van der Waals surface area contributed by atoms with E-state index in [-0.39, 0.29) is 0 Å². The minimum Gasteiger partial charge on any atom is -0.307 e. The molecule has 0 unspecified atom stereocenters. The van der Waals surface area contributed by atoms with Gasteiger partial charge in [-0.1, -0.05) is 97.1 Å². The summed E-state index contributed by atoms with van der Waals surface area (Å²) < 4.78 is 14.9. The van der Waals surface area contributed by atoms with Crippen molar-refractivity contribution in [3.8, 4) is 0 Å². The van der Waals surface area contributed by atoms with Crippen LogP contribution < -0.4 is 16.0 Å². The van der Waals surface area contributed by atoms with Crippen LogP contribution in [0, 0.1) is 6.92 Å². The number of pyridine rings is 1. The molecule has 0 fully saturated rings. The van der Waals surface area contributed by atoms with Crippen LogP contribution in [0.5, 0.6) is 0 Å². The first-order valence-corrected chi connectivity index (χ1v) is 11.4. The third kappa shape index (κ3) is 2.80. The van der Waals surface area contributed by atoms with Crippen LogP contribution in [0.25, 0.3) is 21.7 Å². The highest BCUT2D eigenvalue weighted by molar-refractivity contribution is 7.85. The van der Waals surface area contributed by atoms with Gasteiger partial charge >= 0.3 is 0 Å². The molecule has 0 saturated heterocycles. The van der Waals surface area contributed by atoms with Crippen LogP contribution in [-0.4, -0.2) is 4.98 Å². The molecule has 0 saturated carbocycles. The zero-order valence-electron chi connectivity index (χ0n) is 16.1. The van der Waals surface area contributed by atoms with E-state index in [2.05, 4.69) is 19.1 Å². The number of rotatable bonds is 3. The van der Waals surface area contributed by atoms with Gasteiger partial charge < -0.3 is 4.57 Å². The van der Waals surface area contributed by atoms with E-state index in [0.29, 0.717) is 5.44 Å². The highest BCUT2D eigenvalue weighted by atomic mass is 31.2. The lowest BCUT2D eigenvalue weighted by Gasteiger charge is -2.21. The fourth-order valence-electron chi connectivity index (χ4n) is 4.08. The molecule has 1 aromatic heterocycles. The van der Waals surface area contributed by atoms with Gasteiger partial charge in [-0.2, -0.15) is 0 Å². The molecule has 0 spiro atoms. The zero-order valence-corrected chi connectivity index (χ0v) is 17.0. The second kappa shape index (κ2) is 6.99. The molecule has 1 heterocycles. The van der Waals surface area contributed by atoms with Crippen molar-refractivity contribution in [1.82, 2.24) is 4.98 Å². The fraction of sp³-hybridized carbons (Fsp3) is 0.0385. The van der Waals surface area contributed by atoms with Crippen molar-refractivity contribution in [1.29, 1.82) is 0 Å². The molecule has 5 aromatic rings. The molecule has 0 N–H and O–H groups in total. The fourth-order valence-corrected chi connectivity index (χ4v) is 6.83.